The van der Waals surface area contributed by atoms with Crippen molar-refractivity contribution in [3.8, 4) is 5.75 Å². The lowest BCUT2D eigenvalue weighted by molar-refractivity contribution is -0.116. The van der Waals surface area contributed by atoms with Gasteiger partial charge in [-0.05, 0) is 48.6 Å². The summed E-state index contributed by atoms with van der Waals surface area (Å²) >= 11 is 0. The van der Waals surface area contributed by atoms with Crippen LogP contribution >= 0.6 is 0 Å². The molecule has 3 rings (SSSR count). The van der Waals surface area contributed by atoms with Gasteiger partial charge in [0.2, 0.25) is 5.91 Å². The number of pyridine rings is 1. The average molecular weight is 368 g/mol. The van der Waals surface area contributed by atoms with Crippen molar-refractivity contribution in [1.82, 2.24) is 4.57 Å². The largest absolute Gasteiger partial charge is 0.497 e. The Labute approximate surface area is 160 Å². The first-order chi connectivity index (χ1) is 13.0. The summed E-state index contributed by atoms with van der Waals surface area (Å²) in [6.45, 7) is 2.36. The Morgan fingerprint density at radius 1 is 1.26 bits per heavy atom. The summed E-state index contributed by atoms with van der Waals surface area (Å²) in [6, 6.07) is 9.39. The van der Waals surface area contributed by atoms with E-state index in [2.05, 4.69) is 5.32 Å². The molecule has 2 aromatic rings. The average Bonchev–Trinajstić information content (AvgIpc) is 3.17. The Hall–Kier alpha value is -2.56. The number of nitrogens with zero attached hydrogens (tertiary/aromatic N) is 1. The second kappa shape index (κ2) is 8.89. The minimum Gasteiger partial charge on any atom is -0.497 e. The second-order valence-electron chi connectivity index (χ2n) is 7.45. The van der Waals surface area contributed by atoms with Gasteiger partial charge in [-0.15, -0.1) is 0 Å². The Morgan fingerprint density at radius 2 is 2.04 bits per heavy atom. The summed E-state index contributed by atoms with van der Waals surface area (Å²) in [6.07, 6.45) is 8.22. The fraction of sp³-hybridized carbons (Fsp3) is 0.455. The maximum absolute atomic E-state index is 12.8. The molecule has 0 bridgehead atoms. The molecule has 0 radical (unpaired) electrons. The number of nitrogens with one attached hydrogen (secondary N) is 1. The summed E-state index contributed by atoms with van der Waals surface area (Å²) in [5.74, 6) is 1.35. The number of ether oxygens (including phenoxy) is 1. The first kappa shape index (κ1) is 19.2. The molecule has 1 aromatic heterocycles. The number of carbonyl (C=O) groups is 1. The van der Waals surface area contributed by atoms with Crippen LogP contribution in [0.1, 0.15) is 49.7 Å². The molecule has 1 heterocycles. The zero-order valence-electron chi connectivity index (χ0n) is 16.2. The molecule has 1 saturated carbocycles. The van der Waals surface area contributed by atoms with Crippen LogP contribution in [0.5, 0.6) is 5.75 Å². The highest BCUT2D eigenvalue weighted by Crippen LogP contribution is 2.28. The number of anilines is 1. The van der Waals surface area contributed by atoms with Gasteiger partial charge in [0.25, 0.3) is 5.56 Å². The second-order valence-corrected chi connectivity index (χ2v) is 7.45. The summed E-state index contributed by atoms with van der Waals surface area (Å²) in [5, 5.41) is 2.83. The molecule has 1 fully saturated rings. The molecular weight excluding hydrogens is 340 g/mol. The molecule has 0 aliphatic heterocycles. The van der Waals surface area contributed by atoms with Crippen molar-refractivity contribution in [3.63, 3.8) is 0 Å². The first-order valence-electron chi connectivity index (χ1n) is 9.69. The van der Waals surface area contributed by atoms with E-state index in [4.69, 9.17) is 4.74 Å². The highest BCUT2D eigenvalue weighted by molar-refractivity contribution is 5.90. The summed E-state index contributed by atoms with van der Waals surface area (Å²) < 4.78 is 6.88. The highest BCUT2D eigenvalue weighted by Gasteiger charge is 2.17. The molecule has 5 heteroatoms. The Morgan fingerprint density at radius 3 is 2.78 bits per heavy atom. The van der Waals surface area contributed by atoms with E-state index in [0.717, 1.165) is 23.3 Å². The number of hydrogen-bond donors (Lipinski definition) is 1. The number of hydrogen-bond acceptors (Lipinski definition) is 3. The van der Waals surface area contributed by atoms with Gasteiger partial charge in [-0.1, -0.05) is 37.8 Å². The summed E-state index contributed by atoms with van der Waals surface area (Å²) in [4.78, 5) is 25.1. The maximum Gasteiger partial charge on any atom is 0.274 e. The Bertz CT molecular complexity index is 851. The van der Waals surface area contributed by atoms with Gasteiger partial charge in [0.05, 0.1) is 13.7 Å². The lowest BCUT2D eigenvalue weighted by Crippen LogP contribution is -2.26. The van der Waals surface area contributed by atoms with Gasteiger partial charge in [-0.2, -0.15) is 0 Å². The fourth-order valence-corrected chi connectivity index (χ4v) is 3.81. The van der Waals surface area contributed by atoms with Crippen LogP contribution < -0.4 is 15.6 Å². The number of aryl methyl sites for hydroxylation is 1. The molecule has 0 atom stereocenters. The molecule has 1 aliphatic rings. The number of methoxy groups -OCH3 is 1. The van der Waals surface area contributed by atoms with Gasteiger partial charge in [0.1, 0.15) is 11.4 Å². The maximum atomic E-state index is 12.8. The standard InChI is InChI=1S/C22H28N2O3/c1-16-12-20(23-21(25)11-10-17-6-3-4-7-17)22(26)24(14-16)15-18-8-5-9-19(13-18)27-2/h5,8-9,12-14,17H,3-4,6-7,10-11,15H2,1-2H3,(H,23,25). The number of rotatable bonds is 7. The van der Waals surface area contributed by atoms with Crippen LogP contribution in [0, 0.1) is 12.8 Å². The van der Waals surface area contributed by atoms with Gasteiger partial charge in [-0.25, -0.2) is 0 Å². The molecule has 1 N–H and O–H groups in total. The van der Waals surface area contributed by atoms with Crippen LogP contribution in [0.25, 0.3) is 0 Å². The molecule has 1 amide bonds. The lowest BCUT2D eigenvalue weighted by Gasteiger charge is -2.13. The van der Waals surface area contributed by atoms with Crippen molar-refractivity contribution in [2.45, 2.75) is 52.0 Å². The van der Waals surface area contributed by atoms with Crippen molar-refractivity contribution in [1.29, 1.82) is 0 Å². The Balaban J connectivity index is 1.70. The molecule has 0 saturated heterocycles. The zero-order valence-corrected chi connectivity index (χ0v) is 16.2. The van der Waals surface area contributed by atoms with Crippen LogP contribution in [0.15, 0.2) is 41.3 Å². The van der Waals surface area contributed by atoms with E-state index in [1.54, 1.807) is 17.7 Å². The lowest BCUT2D eigenvalue weighted by atomic mass is 10.0. The monoisotopic (exact) mass is 368 g/mol. The third-order valence-electron chi connectivity index (χ3n) is 5.24. The SMILES string of the molecule is COc1cccc(Cn2cc(C)cc(NC(=O)CCC3CCCC3)c2=O)c1. The van der Waals surface area contributed by atoms with Crippen molar-refractivity contribution in [2.24, 2.45) is 5.92 Å². The third kappa shape index (κ3) is 5.22. The van der Waals surface area contributed by atoms with Gasteiger partial charge in [0, 0.05) is 12.6 Å². The van der Waals surface area contributed by atoms with E-state index >= 15 is 0 Å². The van der Waals surface area contributed by atoms with Crippen molar-refractivity contribution >= 4 is 11.6 Å². The molecule has 27 heavy (non-hydrogen) atoms. The summed E-state index contributed by atoms with van der Waals surface area (Å²) in [7, 11) is 1.62. The predicted octanol–water partition coefficient (Wildman–Crippen LogP) is 4.12. The van der Waals surface area contributed by atoms with Crippen LogP contribution in [-0.2, 0) is 11.3 Å². The van der Waals surface area contributed by atoms with E-state index in [0.29, 0.717) is 24.6 Å². The molecule has 0 spiro atoms. The quantitative estimate of drug-likeness (QED) is 0.800. The molecule has 0 unspecified atom stereocenters. The zero-order chi connectivity index (χ0) is 19.2. The highest BCUT2D eigenvalue weighted by atomic mass is 16.5. The minimum absolute atomic E-state index is 0.0717. The number of aromatic nitrogens is 1. The van der Waals surface area contributed by atoms with E-state index in [-0.39, 0.29) is 11.5 Å². The van der Waals surface area contributed by atoms with Gasteiger partial charge >= 0.3 is 0 Å². The van der Waals surface area contributed by atoms with Gasteiger partial charge in [-0.3, -0.25) is 9.59 Å². The molecule has 144 valence electrons. The molecule has 5 nitrogen and oxygen atoms in total. The van der Waals surface area contributed by atoms with Gasteiger partial charge < -0.3 is 14.6 Å². The van der Waals surface area contributed by atoms with Crippen molar-refractivity contribution in [3.05, 3.63) is 58.0 Å². The fourth-order valence-electron chi connectivity index (χ4n) is 3.81. The smallest absolute Gasteiger partial charge is 0.274 e. The predicted molar refractivity (Wildman–Crippen MR) is 107 cm³/mol. The number of amides is 1. The van der Waals surface area contributed by atoms with E-state index < -0.39 is 0 Å². The van der Waals surface area contributed by atoms with E-state index in [9.17, 15) is 9.59 Å². The Kier molecular flexibility index (Phi) is 6.32. The van der Waals surface area contributed by atoms with Crippen LogP contribution in [0.4, 0.5) is 5.69 Å². The van der Waals surface area contributed by atoms with Crippen LogP contribution in [-0.4, -0.2) is 17.6 Å². The van der Waals surface area contributed by atoms with Crippen molar-refractivity contribution < 1.29 is 9.53 Å². The minimum atomic E-state index is -0.183. The molecule has 1 aliphatic carbocycles. The summed E-state index contributed by atoms with van der Waals surface area (Å²) in [5.41, 5.74) is 2.08. The van der Waals surface area contributed by atoms with Crippen LogP contribution in [0.2, 0.25) is 0 Å². The first-order valence-corrected chi connectivity index (χ1v) is 9.69. The molecule has 1 aromatic carbocycles. The number of benzene rings is 1. The van der Waals surface area contributed by atoms with Gasteiger partial charge in [0.15, 0.2) is 0 Å². The molecular formula is C22H28N2O3. The van der Waals surface area contributed by atoms with E-state index in [1.807, 2.05) is 37.4 Å². The van der Waals surface area contributed by atoms with Crippen LogP contribution in [0.3, 0.4) is 0 Å². The third-order valence-corrected chi connectivity index (χ3v) is 5.24. The number of carbonyl (C=O) groups excluding carboxylic acids is 1. The van der Waals surface area contributed by atoms with E-state index in [1.165, 1.54) is 25.7 Å². The normalized spacial score (nSPS) is 14.3. The topological polar surface area (TPSA) is 60.3 Å². The van der Waals surface area contributed by atoms with Crippen molar-refractivity contribution in [2.75, 3.05) is 12.4 Å².